The number of amides is 1. The van der Waals surface area contributed by atoms with Gasteiger partial charge in [-0.25, -0.2) is 4.79 Å². The lowest BCUT2D eigenvalue weighted by Gasteiger charge is -2.35. The van der Waals surface area contributed by atoms with Gasteiger partial charge in [0.05, 0.1) is 6.61 Å². The quantitative estimate of drug-likeness (QED) is 0.930. The number of ether oxygens (including phenoxy) is 2. The number of likely N-dealkylation sites (tertiary alicyclic amines) is 1. The van der Waals surface area contributed by atoms with Gasteiger partial charge >= 0.3 is 6.09 Å². The minimum atomic E-state index is -0.184. The second kappa shape index (κ2) is 7.01. The third kappa shape index (κ3) is 3.53. The van der Waals surface area contributed by atoms with Crippen LogP contribution in [0.25, 0.3) is 0 Å². The van der Waals surface area contributed by atoms with Crippen molar-refractivity contribution in [2.75, 3.05) is 26.3 Å². The Hall–Kier alpha value is -1.75. The van der Waals surface area contributed by atoms with Gasteiger partial charge in [0.1, 0.15) is 12.4 Å². The van der Waals surface area contributed by atoms with E-state index in [1.54, 1.807) is 4.90 Å². The monoisotopic (exact) mass is 304 g/mol. The number of hydrogen-bond acceptors (Lipinski definition) is 4. The van der Waals surface area contributed by atoms with E-state index in [9.17, 15) is 4.79 Å². The molecular formula is C17H24N2O3. The molecule has 0 aliphatic carbocycles. The fourth-order valence-corrected chi connectivity index (χ4v) is 3.21. The van der Waals surface area contributed by atoms with Crippen LogP contribution in [0.5, 0.6) is 5.75 Å². The number of fused-ring (bicyclic) bond motifs is 1. The Kier molecular flexibility index (Phi) is 4.83. The molecule has 0 bridgehead atoms. The first kappa shape index (κ1) is 15.2. The van der Waals surface area contributed by atoms with Crippen LogP contribution >= 0.6 is 0 Å². The maximum Gasteiger partial charge on any atom is 0.409 e. The summed E-state index contributed by atoms with van der Waals surface area (Å²) in [7, 11) is 0. The van der Waals surface area contributed by atoms with Crippen molar-refractivity contribution in [2.45, 2.75) is 38.3 Å². The minimum absolute atomic E-state index is 0.184. The van der Waals surface area contributed by atoms with Crippen LogP contribution in [0, 0.1) is 0 Å². The summed E-state index contributed by atoms with van der Waals surface area (Å²) in [5.41, 5.74) is 1.27. The predicted octanol–water partition coefficient (Wildman–Crippen LogP) is 2.20. The number of carbonyl (C=O) groups excluding carboxylic acids is 1. The largest absolute Gasteiger partial charge is 0.492 e. The van der Waals surface area contributed by atoms with Gasteiger partial charge in [-0.3, -0.25) is 0 Å². The van der Waals surface area contributed by atoms with Crippen LogP contribution in [0.15, 0.2) is 24.3 Å². The Morgan fingerprint density at radius 2 is 2.09 bits per heavy atom. The highest BCUT2D eigenvalue weighted by molar-refractivity contribution is 5.67. The lowest BCUT2D eigenvalue weighted by atomic mass is 9.99. The van der Waals surface area contributed by atoms with Crippen molar-refractivity contribution >= 4 is 6.09 Å². The van der Waals surface area contributed by atoms with Crippen molar-refractivity contribution in [2.24, 2.45) is 0 Å². The molecule has 1 atom stereocenters. The molecule has 5 heteroatoms. The molecule has 2 heterocycles. The zero-order valence-corrected chi connectivity index (χ0v) is 13.1. The molecule has 0 saturated carbocycles. The first-order valence-electron chi connectivity index (χ1n) is 8.14. The molecule has 120 valence electrons. The maximum absolute atomic E-state index is 11.7. The molecule has 1 saturated heterocycles. The zero-order valence-electron chi connectivity index (χ0n) is 13.1. The summed E-state index contributed by atoms with van der Waals surface area (Å²) in [6.45, 7) is 4.53. The van der Waals surface area contributed by atoms with Crippen molar-refractivity contribution < 1.29 is 14.3 Å². The van der Waals surface area contributed by atoms with Crippen molar-refractivity contribution in [1.82, 2.24) is 10.2 Å². The van der Waals surface area contributed by atoms with Crippen molar-refractivity contribution in [3.05, 3.63) is 29.8 Å². The van der Waals surface area contributed by atoms with Gasteiger partial charge in [-0.1, -0.05) is 18.2 Å². The van der Waals surface area contributed by atoms with E-state index < -0.39 is 0 Å². The van der Waals surface area contributed by atoms with E-state index in [4.69, 9.17) is 9.47 Å². The number of hydrogen-bond donors (Lipinski definition) is 1. The number of carbonyl (C=O) groups is 1. The average Bonchev–Trinajstić information content (AvgIpc) is 2.56. The number of rotatable bonds is 3. The second-order valence-corrected chi connectivity index (χ2v) is 5.95. The summed E-state index contributed by atoms with van der Waals surface area (Å²) >= 11 is 0. The molecule has 1 fully saturated rings. The Bertz CT molecular complexity index is 512. The highest BCUT2D eigenvalue weighted by atomic mass is 16.6. The normalized spacial score (nSPS) is 21.9. The van der Waals surface area contributed by atoms with Crippen molar-refractivity contribution in [3.8, 4) is 5.75 Å². The van der Waals surface area contributed by atoms with E-state index in [0.717, 1.165) is 44.7 Å². The number of benzene rings is 1. The number of piperidine rings is 1. The highest BCUT2D eigenvalue weighted by Gasteiger charge is 2.27. The Morgan fingerprint density at radius 1 is 1.32 bits per heavy atom. The van der Waals surface area contributed by atoms with E-state index in [-0.39, 0.29) is 6.09 Å². The van der Waals surface area contributed by atoms with Gasteiger partial charge in [0.25, 0.3) is 0 Å². The summed E-state index contributed by atoms with van der Waals surface area (Å²) in [5.74, 6) is 1.01. The smallest absolute Gasteiger partial charge is 0.409 e. The maximum atomic E-state index is 11.7. The predicted molar refractivity (Wildman–Crippen MR) is 84.2 cm³/mol. The molecule has 2 aliphatic heterocycles. The van der Waals surface area contributed by atoms with Gasteiger partial charge in [0, 0.05) is 25.2 Å². The van der Waals surface area contributed by atoms with Gasteiger partial charge < -0.3 is 19.7 Å². The van der Waals surface area contributed by atoms with Gasteiger partial charge in [-0.2, -0.15) is 0 Å². The summed E-state index contributed by atoms with van der Waals surface area (Å²) in [6.07, 6.45) is 2.76. The summed E-state index contributed by atoms with van der Waals surface area (Å²) in [5, 5.41) is 3.69. The number of nitrogens with one attached hydrogen (secondary N) is 1. The van der Waals surface area contributed by atoms with E-state index in [1.807, 2.05) is 19.1 Å². The first-order chi connectivity index (χ1) is 10.8. The van der Waals surface area contributed by atoms with E-state index in [2.05, 4.69) is 17.4 Å². The molecule has 1 amide bonds. The molecule has 1 aromatic carbocycles. The number of nitrogens with zero attached hydrogens (tertiary/aromatic N) is 1. The van der Waals surface area contributed by atoms with Crippen LogP contribution in [-0.4, -0.2) is 49.4 Å². The highest BCUT2D eigenvalue weighted by Crippen LogP contribution is 2.24. The van der Waals surface area contributed by atoms with Gasteiger partial charge in [0.15, 0.2) is 0 Å². The van der Waals surface area contributed by atoms with Crippen LogP contribution in [0.3, 0.4) is 0 Å². The van der Waals surface area contributed by atoms with E-state index >= 15 is 0 Å². The fourth-order valence-electron chi connectivity index (χ4n) is 3.21. The van der Waals surface area contributed by atoms with Crippen molar-refractivity contribution in [1.29, 1.82) is 0 Å². The van der Waals surface area contributed by atoms with E-state index in [0.29, 0.717) is 18.7 Å². The molecule has 0 radical (unpaired) electrons. The standard InChI is InChI=1S/C17H24N2O3/c1-2-21-17(20)19-9-7-14(8-10-19)18-15-11-13-5-3-4-6-16(13)22-12-15/h3-6,14-15,18H,2,7-12H2,1H3. The van der Waals surface area contributed by atoms with Crippen LogP contribution in [0.1, 0.15) is 25.3 Å². The molecule has 0 aromatic heterocycles. The van der Waals surface area contributed by atoms with Gasteiger partial charge in [-0.05, 0) is 37.8 Å². The molecule has 2 aliphatic rings. The Balaban J connectivity index is 1.47. The van der Waals surface area contributed by atoms with Crippen LogP contribution in [0.2, 0.25) is 0 Å². The lowest BCUT2D eigenvalue weighted by Crippen LogP contribution is -2.50. The fraction of sp³-hybridized carbons (Fsp3) is 0.588. The molecule has 1 N–H and O–H groups in total. The van der Waals surface area contributed by atoms with Crippen LogP contribution in [-0.2, 0) is 11.2 Å². The third-order valence-corrected chi connectivity index (χ3v) is 4.37. The van der Waals surface area contributed by atoms with Gasteiger partial charge in [-0.15, -0.1) is 0 Å². The molecule has 5 nitrogen and oxygen atoms in total. The lowest BCUT2D eigenvalue weighted by molar-refractivity contribution is 0.0928. The Morgan fingerprint density at radius 3 is 2.86 bits per heavy atom. The summed E-state index contributed by atoms with van der Waals surface area (Å²) < 4.78 is 10.9. The third-order valence-electron chi connectivity index (χ3n) is 4.37. The first-order valence-corrected chi connectivity index (χ1v) is 8.14. The van der Waals surface area contributed by atoms with Crippen LogP contribution < -0.4 is 10.1 Å². The molecular weight excluding hydrogens is 280 g/mol. The second-order valence-electron chi connectivity index (χ2n) is 5.95. The molecule has 1 aromatic rings. The van der Waals surface area contributed by atoms with Crippen molar-refractivity contribution in [3.63, 3.8) is 0 Å². The average molecular weight is 304 g/mol. The SMILES string of the molecule is CCOC(=O)N1CCC(NC2COc3ccccc3C2)CC1. The molecule has 1 unspecified atom stereocenters. The molecule has 0 spiro atoms. The van der Waals surface area contributed by atoms with E-state index in [1.165, 1.54) is 5.56 Å². The Labute approximate surface area is 131 Å². The minimum Gasteiger partial charge on any atom is -0.492 e. The zero-order chi connectivity index (χ0) is 15.4. The summed E-state index contributed by atoms with van der Waals surface area (Å²) in [4.78, 5) is 13.5. The summed E-state index contributed by atoms with van der Waals surface area (Å²) in [6, 6.07) is 9.04. The van der Waals surface area contributed by atoms with Gasteiger partial charge in [0.2, 0.25) is 0 Å². The molecule has 22 heavy (non-hydrogen) atoms. The number of para-hydroxylation sites is 1. The van der Waals surface area contributed by atoms with Crippen LogP contribution in [0.4, 0.5) is 4.79 Å². The topological polar surface area (TPSA) is 50.8 Å². The molecule has 3 rings (SSSR count).